The van der Waals surface area contributed by atoms with Crippen LogP contribution in [-0.2, 0) is 31.4 Å². The lowest BCUT2D eigenvalue weighted by Gasteiger charge is -2.26. The van der Waals surface area contributed by atoms with E-state index in [0.717, 1.165) is 37.8 Å². The minimum Gasteiger partial charge on any atom is -0.377 e. The van der Waals surface area contributed by atoms with Gasteiger partial charge in [0.15, 0.2) is 0 Å². The summed E-state index contributed by atoms with van der Waals surface area (Å²) in [5.74, 6) is 0.340. The summed E-state index contributed by atoms with van der Waals surface area (Å²) in [5, 5.41) is 2.92. The number of rotatable bonds is 16. The van der Waals surface area contributed by atoms with Gasteiger partial charge in [-0.05, 0) is 31.6 Å². The molecule has 0 fully saturated rings. The summed E-state index contributed by atoms with van der Waals surface area (Å²) in [6.07, 6.45) is 3.72. The van der Waals surface area contributed by atoms with E-state index in [1.807, 2.05) is 0 Å². The van der Waals surface area contributed by atoms with Gasteiger partial charge in [-0.3, -0.25) is 4.79 Å². The van der Waals surface area contributed by atoms with Crippen LogP contribution in [0.1, 0.15) is 32.6 Å². The molecular formula is C16H37NO7Si2. The highest BCUT2D eigenvalue weighted by atomic mass is 28.4. The molecule has 0 saturated carbocycles. The Morgan fingerprint density at radius 1 is 0.769 bits per heavy atom. The first-order valence-electron chi connectivity index (χ1n) is 8.91. The molecule has 0 aromatic rings. The molecule has 0 aliphatic carbocycles. The van der Waals surface area contributed by atoms with Gasteiger partial charge < -0.3 is 31.9 Å². The van der Waals surface area contributed by atoms with Crippen molar-refractivity contribution in [2.45, 2.75) is 44.7 Å². The molecule has 0 aromatic heterocycles. The van der Waals surface area contributed by atoms with E-state index in [1.54, 1.807) is 42.7 Å². The fourth-order valence-electron chi connectivity index (χ4n) is 2.96. The van der Waals surface area contributed by atoms with E-state index in [9.17, 15) is 4.79 Å². The van der Waals surface area contributed by atoms with Gasteiger partial charge in [-0.15, -0.1) is 0 Å². The van der Waals surface area contributed by atoms with Crippen LogP contribution in [0.5, 0.6) is 0 Å². The van der Waals surface area contributed by atoms with Crippen molar-refractivity contribution in [2.24, 2.45) is 5.92 Å². The summed E-state index contributed by atoms with van der Waals surface area (Å²) >= 11 is 0. The van der Waals surface area contributed by atoms with Gasteiger partial charge in [-0.2, -0.15) is 0 Å². The minimum absolute atomic E-state index is 0.0150. The highest BCUT2D eigenvalue weighted by molar-refractivity contribution is 6.60. The quantitative estimate of drug-likeness (QED) is 0.389. The number of amides is 1. The molecule has 0 aromatic carbocycles. The number of hydrogen-bond acceptors (Lipinski definition) is 7. The van der Waals surface area contributed by atoms with Crippen LogP contribution in [-0.4, -0.2) is 72.7 Å². The zero-order valence-corrected chi connectivity index (χ0v) is 19.4. The Hall–Kier alpha value is -0.336. The molecule has 0 radical (unpaired) electrons. The first-order chi connectivity index (χ1) is 12.4. The van der Waals surface area contributed by atoms with Crippen molar-refractivity contribution in [1.29, 1.82) is 0 Å². The van der Waals surface area contributed by atoms with Gasteiger partial charge in [0.1, 0.15) is 0 Å². The molecular weight excluding hydrogens is 374 g/mol. The summed E-state index contributed by atoms with van der Waals surface area (Å²) in [6, 6.07) is 1.50. The molecule has 0 atom stereocenters. The molecule has 10 heteroatoms. The molecule has 0 rings (SSSR count). The third-order valence-electron chi connectivity index (χ3n) is 4.70. The lowest BCUT2D eigenvalue weighted by molar-refractivity contribution is -0.119. The fraction of sp³-hybridized carbons (Fsp3) is 0.938. The Kier molecular flexibility index (Phi) is 13.6. The first-order valence-corrected chi connectivity index (χ1v) is 12.8. The van der Waals surface area contributed by atoms with E-state index in [-0.39, 0.29) is 5.91 Å². The zero-order valence-electron chi connectivity index (χ0n) is 17.4. The Labute approximate surface area is 160 Å². The molecule has 0 heterocycles. The van der Waals surface area contributed by atoms with Crippen molar-refractivity contribution < 1.29 is 31.4 Å². The van der Waals surface area contributed by atoms with Crippen LogP contribution in [0.2, 0.25) is 12.1 Å². The molecule has 0 unspecified atom stereocenters. The molecule has 1 N–H and O–H groups in total. The lowest BCUT2D eigenvalue weighted by atomic mass is 9.98. The highest BCUT2D eigenvalue weighted by Gasteiger charge is 2.38. The van der Waals surface area contributed by atoms with E-state index in [4.69, 9.17) is 26.6 Å². The largest absolute Gasteiger partial charge is 0.500 e. The van der Waals surface area contributed by atoms with Crippen molar-refractivity contribution in [2.75, 3.05) is 49.2 Å². The molecule has 1 amide bonds. The molecule has 0 aliphatic heterocycles. The summed E-state index contributed by atoms with van der Waals surface area (Å²) in [6.45, 7) is 2.19. The van der Waals surface area contributed by atoms with Gasteiger partial charge in [0.2, 0.25) is 5.91 Å². The fourth-order valence-corrected chi connectivity index (χ4v) is 6.46. The predicted octanol–water partition coefficient (Wildman–Crippen LogP) is 2.06. The summed E-state index contributed by atoms with van der Waals surface area (Å²) in [7, 11) is 4.64. The topological polar surface area (TPSA) is 84.5 Å². The molecule has 8 nitrogen and oxygen atoms in total. The smallest absolute Gasteiger partial charge is 0.377 e. The van der Waals surface area contributed by atoms with Crippen LogP contribution in [0.3, 0.4) is 0 Å². The first kappa shape index (κ1) is 25.7. The Balaban J connectivity index is 4.59. The highest BCUT2D eigenvalue weighted by Crippen LogP contribution is 2.24. The molecule has 26 heavy (non-hydrogen) atoms. The summed E-state index contributed by atoms with van der Waals surface area (Å²) in [4.78, 5) is 11.3. The van der Waals surface area contributed by atoms with Crippen molar-refractivity contribution in [3.8, 4) is 0 Å². The number of carbonyl (C=O) groups excluding carboxylic acids is 1. The van der Waals surface area contributed by atoms with Gasteiger partial charge in [0.05, 0.1) is 0 Å². The van der Waals surface area contributed by atoms with Crippen LogP contribution < -0.4 is 5.32 Å². The van der Waals surface area contributed by atoms with Crippen molar-refractivity contribution >= 4 is 23.5 Å². The summed E-state index contributed by atoms with van der Waals surface area (Å²) < 4.78 is 32.8. The second kappa shape index (κ2) is 13.8. The maximum Gasteiger partial charge on any atom is 0.500 e. The van der Waals surface area contributed by atoms with Crippen molar-refractivity contribution in [3.63, 3.8) is 0 Å². The van der Waals surface area contributed by atoms with Crippen LogP contribution in [0.25, 0.3) is 0 Å². The maximum atomic E-state index is 11.3. The lowest BCUT2D eigenvalue weighted by Crippen LogP contribution is -2.43. The SMILES string of the molecule is CO[Si](CCCC(CCC[Si](OC)(OC)OC)CNC(C)=O)(OC)OC. The second-order valence-corrected chi connectivity index (χ2v) is 12.4. The summed E-state index contributed by atoms with van der Waals surface area (Å²) in [5.41, 5.74) is 0. The van der Waals surface area contributed by atoms with E-state index in [0.29, 0.717) is 12.5 Å². The predicted molar refractivity (Wildman–Crippen MR) is 104 cm³/mol. The molecule has 0 saturated heterocycles. The number of nitrogens with one attached hydrogen (secondary N) is 1. The maximum absolute atomic E-state index is 11.3. The monoisotopic (exact) mass is 411 g/mol. The minimum atomic E-state index is -2.55. The Bertz CT molecular complexity index is 337. The van der Waals surface area contributed by atoms with Crippen molar-refractivity contribution in [1.82, 2.24) is 5.32 Å². The molecule has 0 spiro atoms. The van der Waals surface area contributed by atoms with E-state index >= 15 is 0 Å². The van der Waals surface area contributed by atoms with Crippen LogP contribution >= 0.6 is 0 Å². The Morgan fingerprint density at radius 3 is 1.38 bits per heavy atom. The molecule has 0 aliphatic rings. The van der Waals surface area contributed by atoms with Gasteiger partial charge in [-0.25, -0.2) is 0 Å². The van der Waals surface area contributed by atoms with Crippen LogP contribution in [0.15, 0.2) is 0 Å². The van der Waals surface area contributed by atoms with Gasteiger partial charge in [0.25, 0.3) is 0 Å². The van der Waals surface area contributed by atoms with E-state index in [1.165, 1.54) is 6.92 Å². The molecule has 156 valence electrons. The standard InChI is InChI=1S/C16H37NO7Si2/c1-15(18)17-14-16(10-8-12-25(19-2,20-3)21-4)11-9-13-26(22-5,23-6)24-7/h16H,8-14H2,1-7H3,(H,17,18). The average molecular weight is 412 g/mol. The van der Waals surface area contributed by atoms with Crippen LogP contribution in [0.4, 0.5) is 0 Å². The normalized spacial score (nSPS) is 12.6. The van der Waals surface area contributed by atoms with Gasteiger partial charge in [0, 0.05) is 68.2 Å². The number of carbonyl (C=O) groups is 1. The van der Waals surface area contributed by atoms with Crippen molar-refractivity contribution in [3.05, 3.63) is 0 Å². The van der Waals surface area contributed by atoms with Gasteiger partial charge in [-0.1, -0.05) is 0 Å². The van der Waals surface area contributed by atoms with E-state index in [2.05, 4.69) is 5.32 Å². The third kappa shape index (κ3) is 9.04. The number of hydrogen-bond donors (Lipinski definition) is 1. The Morgan fingerprint density at radius 2 is 1.12 bits per heavy atom. The third-order valence-corrected chi connectivity index (χ3v) is 10.4. The van der Waals surface area contributed by atoms with Gasteiger partial charge >= 0.3 is 17.6 Å². The zero-order chi connectivity index (χ0) is 20.1. The second-order valence-electron chi connectivity index (χ2n) is 6.18. The average Bonchev–Trinajstić information content (AvgIpc) is 2.67. The molecule has 0 bridgehead atoms. The van der Waals surface area contributed by atoms with E-state index < -0.39 is 17.6 Å². The van der Waals surface area contributed by atoms with Crippen LogP contribution in [0, 0.1) is 5.92 Å².